The summed E-state index contributed by atoms with van der Waals surface area (Å²) < 4.78 is 27.6. The van der Waals surface area contributed by atoms with Crippen molar-refractivity contribution < 1.29 is 18.0 Å². The summed E-state index contributed by atoms with van der Waals surface area (Å²) in [4.78, 5) is 26.2. The Hall–Kier alpha value is -3.01. The molecule has 1 aliphatic rings. The predicted molar refractivity (Wildman–Crippen MR) is 135 cm³/mol. The van der Waals surface area contributed by atoms with E-state index in [1.165, 1.54) is 39.9 Å². The van der Waals surface area contributed by atoms with Crippen molar-refractivity contribution in [3.63, 3.8) is 0 Å². The molecule has 4 rings (SSSR count). The van der Waals surface area contributed by atoms with E-state index in [0.717, 1.165) is 29.7 Å². The first-order chi connectivity index (χ1) is 16.2. The quantitative estimate of drug-likeness (QED) is 0.517. The third-order valence-corrected chi connectivity index (χ3v) is 9.13. The third kappa shape index (κ3) is 4.64. The summed E-state index contributed by atoms with van der Waals surface area (Å²) in [7, 11) is -3.62. The van der Waals surface area contributed by atoms with Gasteiger partial charge < -0.3 is 11.1 Å². The predicted octanol–water partition coefficient (Wildman–Crippen LogP) is 4.64. The number of carbonyl (C=O) groups is 2. The van der Waals surface area contributed by atoms with Gasteiger partial charge in [0.2, 0.25) is 10.0 Å². The number of anilines is 1. The second kappa shape index (κ2) is 9.69. The van der Waals surface area contributed by atoms with Crippen LogP contribution in [0.4, 0.5) is 5.00 Å². The number of rotatable bonds is 6. The minimum absolute atomic E-state index is 0.0465. The molecule has 178 valence electrons. The lowest BCUT2D eigenvalue weighted by molar-refractivity contribution is 0.100. The number of sulfonamides is 1. The maximum absolute atomic E-state index is 13.0. The Balaban J connectivity index is 1.59. The fourth-order valence-corrected chi connectivity index (χ4v) is 7.11. The van der Waals surface area contributed by atoms with E-state index in [4.69, 9.17) is 5.73 Å². The lowest BCUT2D eigenvalue weighted by Gasteiger charge is -2.32. The van der Waals surface area contributed by atoms with Crippen LogP contribution >= 0.6 is 11.3 Å². The number of nitrogens with one attached hydrogen (secondary N) is 1. The fourth-order valence-electron chi connectivity index (χ4n) is 4.34. The van der Waals surface area contributed by atoms with E-state index in [0.29, 0.717) is 17.1 Å². The van der Waals surface area contributed by atoms with Crippen LogP contribution in [0, 0.1) is 6.92 Å². The van der Waals surface area contributed by atoms with Crippen molar-refractivity contribution in [1.29, 1.82) is 0 Å². The summed E-state index contributed by atoms with van der Waals surface area (Å²) in [6.45, 7) is 4.29. The highest BCUT2D eigenvalue weighted by molar-refractivity contribution is 7.89. The average Bonchev–Trinajstić information content (AvgIpc) is 3.15. The van der Waals surface area contributed by atoms with Crippen molar-refractivity contribution in [3.05, 3.63) is 70.6 Å². The van der Waals surface area contributed by atoms with Crippen LogP contribution in [0.5, 0.6) is 0 Å². The molecule has 0 saturated carbocycles. The Morgan fingerprint density at radius 3 is 2.35 bits per heavy atom. The lowest BCUT2D eigenvalue weighted by Crippen LogP contribution is -2.41. The van der Waals surface area contributed by atoms with Gasteiger partial charge in [0, 0.05) is 28.6 Å². The van der Waals surface area contributed by atoms with Gasteiger partial charge in [-0.15, -0.1) is 11.3 Å². The monoisotopic (exact) mass is 497 g/mol. The maximum atomic E-state index is 13.0. The third-order valence-electron chi connectivity index (χ3n) is 6.09. The van der Waals surface area contributed by atoms with E-state index in [2.05, 4.69) is 5.32 Å². The number of hydrogen-bond acceptors (Lipinski definition) is 5. The Kier molecular flexibility index (Phi) is 6.88. The Labute approximate surface area is 203 Å². The zero-order valence-corrected chi connectivity index (χ0v) is 20.7. The largest absolute Gasteiger partial charge is 0.365 e. The van der Waals surface area contributed by atoms with Crippen LogP contribution in [0.1, 0.15) is 51.8 Å². The first-order valence-electron chi connectivity index (χ1n) is 11.1. The average molecular weight is 498 g/mol. The lowest BCUT2D eigenvalue weighted by atomic mass is 10.0. The van der Waals surface area contributed by atoms with Gasteiger partial charge in [-0.2, -0.15) is 4.31 Å². The first kappa shape index (κ1) is 24.1. The van der Waals surface area contributed by atoms with Crippen molar-refractivity contribution in [2.24, 2.45) is 5.73 Å². The number of benzene rings is 2. The molecule has 2 amide bonds. The molecule has 9 heteroatoms. The van der Waals surface area contributed by atoms with Gasteiger partial charge in [0.05, 0.1) is 10.5 Å². The molecule has 1 unspecified atom stereocenters. The Morgan fingerprint density at radius 2 is 1.74 bits per heavy atom. The molecule has 0 aliphatic carbocycles. The highest BCUT2D eigenvalue weighted by Gasteiger charge is 2.31. The van der Waals surface area contributed by atoms with E-state index in [9.17, 15) is 18.0 Å². The molecule has 34 heavy (non-hydrogen) atoms. The minimum atomic E-state index is -3.62. The topological polar surface area (TPSA) is 110 Å². The van der Waals surface area contributed by atoms with E-state index in [1.807, 2.05) is 44.2 Å². The molecule has 1 aromatic heterocycles. The molecule has 2 heterocycles. The molecule has 3 N–H and O–H groups in total. The first-order valence-corrected chi connectivity index (χ1v) is 13.4. The van der Waals surface area contributed by atoms with Gasteiger partial charge in [0.15, 0.2) is 0 Å². The molecular weight excluding hydrogens is 470 g/mol. The van der Waals surface area contributed by atoms with E-state index < -0.39 is 21.8 Å². The zero-order valence-electron chi connectivity index (χ0n) is 19.1. The smallest absolute Gasteiger partial charge is 0.256 e. The molecule has 2 aromatic carbocycles. The number of nitrogens with two attached hydrogens (primary N) is 1. The number of thiophene rings is 1. The number of carbonyl (C=O) groups excluding carboxylic acids is 2. The molecule has 1 fully saturated rings. The van der Waals surface area contributed by atoms with Crippen LogP contribution in [-0.2, 0) is 10.0 Å². The van der Waals surface area contributed by atoms with Gasteiger partial charge in [-0.3, -0.25) is 9.59 Å². The summed E-state index contributed by atoms with van der Waals surface area (Å²) in [6, 6.07) is 15.2. The summed E-state index contributed by atoms with van der Waals surface area (Å²) in [5.74, 6) is -1.07. The van der Waals surface area contributed by atoms with Gasteiger partial charge in [-0.25, -0.2) is 8.42 Å². The summed E-state index contributed by atoms with van der Waals surface area (Å²) in [6.07, 6.45) is 2.71. The number of nitrogens with zero attached hydrogens (tertiary/aromatic N) is 1. The van der Waals surface area contributed by atoms with Crippen molar-refractivity contribution in [3.8, 4) is 11.1 Å². The van der Waals surface area contributed by atoms with Crippen LogP contribution in [0.15, 0.2) is 59.5 Å². The number of amides is 2. The van der Waals surface area contributed by atoms with Gasteiger partial charge in [-0.1, -0.05) is 36.8 Å². The molecule has 7 nitrogen and oxygen atoms in total. The number of primary amides is 1. The normalized spacial score (nSPS) is 16.8. The molecular formula is C25H27N3O4S2. The molecule has 3 aromatic rings. The van der Waals surface area contributed by atoms with Crippen LogP contribution in [-0.4, -0.2) is 37.1 Å². The van der Waals surface area contributed by atoms with E-state index >= 15 is 0 Å². The number of piperidine rings is 1. The van der Waals surface area contributed by atoms with Gasteiger partial charge in [0.25, 0.3) is 11.8 Å². The molecule has 0 radical (unpaired) electrons. The van der Waals surface area contributed by atoms with Crippen molar-refractivity contribution in [2.75, 3.05) is 11.9 Å². The maximum Gasteiger partial charge on any atom is 0.256 e. The molecule has 1 aliphatic heterocycles. The van der Waals surface area contributed by atoms with Gasteiger partial charge in [0.1, 0.15) is 5.00 Å². The second-order valence-corrected chi connectivity index (χ2v) is 11.5. The minimum Gasteiger partial charge on any atom is -0.365 e. The number of aryl methyl sites for hydroxylation is 1. The fraction of sp³-hybridized carbons (Fsp3) is 0.280. The molecule has 0 bridgehead atoms. The summed E-state index contributed by atoms with van der Waals surface area (Å²) >= 11 is 1.28. The number of hydrogen-bond donors (Lipinski definition) is 2. The van der Waals surface area contributed by atoms with E-state index in [1.54, 1.807) is 0 Å². The summed E-state index contributed by atoms with van der Waals surface area (Å²) in [5, 5.41) is 3.15. The SMILES string of the molecule is Cc1sc(NC(=O)c2ccc(S(=O)(=O)N3CCCCC3C)cc2)c(C(N)=O)c1-c1ccccc1. The van der Waals surface area contributed by atoms with Crippen LogP contribution < -0.4 is 11.1 Å². The Morgan fingerprint density at radius 1 is 1.06 bits per heavy atom. The summed E-state index contributed by atoms with van der Waals surface area (Å²) in [5.41, 5.74) is 7.76. The van der Waals surface area contributed by atoms with Crippen LogP contribution in [0.3, 0.4) is 0 Å². The zero-order chi connectivity index (χ0) is 24.5. The molecule has 0 spiro atoms. The van der Waals surface area contributed by atoms with Crippen molar-refractivity contribution in [1.82, 2.24) is 4.31 Å². The van der Waals surface area contributed by atoms with Gasteiger partial charge >= 0.3 is 0 Å². The molecule has 1 atom stereocenters. The van der Waals surface area contributed by atoms with Crippen LogP contribution in [0.25, 0.3) is 11.1 Å². The molecule has 1 saturated heterocycles. The van der Waals surface area contributed by atoms with E-state index in [-0.39, 0.29) is 22.1 Å². The van der Waals surface area contributed by atoms with Crippen LogP contribution in [0.2, 0.25) is 0 Å². The van der Waals surface area contributed by atoms with Crippen molar-refractivity contribution >= 4 is 38.2 Å². The van der Waals surface area contributed by atoms with Gasteiger partial charge in [-0.05, 0) is 56.5 Å². The standard InChI is InChI=1S/C25H27N3O4S2/c1-16-8-6-7-15-28(16)34(31,32)20-13-11-19(12-14-20)24(30)27-25-22(23(26)29)21(17(2)33-25)18-9-4-3-5-10-18/h3-5,9-14,16H,6-8,15H2,1-2H3,(H2,26,29)(H,27,30). The van der Waals surface area contributed by atoms with Crippen molar-refractivity contribution in [2.45, 2.75) is 44.0 Å². The highest BCUT2D eigenvalue weighted by atomic mass is 32.2. The highest BCUT2D eigenvalue weighted by Crippen LogP contribution is 2.39. The Bertz CT molecular complexity index is 1320. The second-order valence-electron chi connectivity index (χ2n) is 8.41.